The molecule has 6 nitrogen and oxygen atoms in total. The van der Waals surface area contributed by atoms with E-state index in [9.17, 15) is 0 Å². The van der Waals surface area contributed by atoms with E-state index in [1.807, 2.05) is 29.6 Å². The third-order valence-electron chi connectivity index (χ3n) is 4.28. The van der Waals surface area contributed by atoms with Crippen LogP contribution in [-0.2, 0) is 6.42 Å². The smallest absolute Gasteiger partial charge is 0.232 e. The summed E-state index contributed by atoms with van der Waals surface area (Å²) in [5, 5.41) is 11.1. The number of nitrogens with zero attached hydrogens (tertiary/aromatic N) is 4. The number of aromatic nitrogens is 3. The first kappa shape index (κ1) is 16.7. The highest BCUT2D eigenvalue weighted by Crippen LogP contribution is 2.30. The molecule has 1 unspecified atom stereocenters. The van der Waals surface area contributed by atoms with Crippen molar-refractivity contribution in [1.82, 2.24) is 25.3 Å². The van der Waals surface area contributed by atoms with Gasteiger partial charge in [-0.3, -0.25) is 4.90 Å². The van der Waals surface area contributed by atoms with Crippen LogP contribution in [0.5, 0.6) is 0 Å². The maximum absolute atomic E-state index is 6.25. The summed E-state index contributed by atoms with van der Waals surface area (Å²) in [5.74, 6) is 1.32. The van der Waals surface area contributed by atoms with Gasteiger partial charge in [-0.15, -0.1) is 11.3 Å². The number of thiazole rings is 1. The number of hydrogen-bond donors (Lipinski definition) is 1. The Labute approximate surface area is 154 Å². The summed E-state index contributed by atoms with van der Waals surface area (Å²) in [7, 11) is 2.08. The van der Waals surface area contributed by atoms with Crippen molar-refractivity contribution in [3.63, 3.8) is 0 Å². The van der Waals surface area contributed by atoms with Crippen molar-refractivity contribution in [3.8, 4) is 10.6 Å². The van der Waals surface area contributed by atoms with E-state index in [0.29, 0.717) is 17.3 Å². The van der Waals surface area contributed by atoms with Crippen LogP contribution in [0.4, 0.5) is 0 Å². The van der Waals surface area contributed by atoms with Crippen LogP contribution >= 0.6 is 22.9 Å². The molecule has 1 fully saturated rings. The fourth-order valence-corrected chi connectivity index (χ4v) is 4.01. The van der Waals surface area contributed by atoms with Crippen molar-refractivity contribution in [3.05, 3.63) is 52.1 Å². The van der Waals surface area contributed by atoms with Crippen molar-refractivity contribution in [1.29, 1.82) is 0 Å². The highest BCUT2D eigenvalue weighted by Gasteiger charge is 2.25. The quantitative estimate of drug-likeness (QED) is 0.756. The minimum atomic E-state index is 0.153. The molecule has 130 valence electrons. The van der Waals surface area contributed by atoms with Gasteiger partial charge in [0.05, 0.1) is 23.2 Å². The molecule has 0 spiro atoms. The van der Waals surface area contributed by atoms with Gasteiger partial charge >= 0.3 is 0 Å². The van der Waals surface area contributed by atoms with Crippen LogP contribution in [0.25, 0.3) is 10.6 Å². The number of piperazine rings is 1. The van der Waals surface area contributed by atoms with Gasteiger partial charge in [0.1, 0.15) is 5.01 Å². The lowest BCUT2D eigenvalue weighted by Gasteiger charge is -2.30. The highest BCUT2D eigenvalue weighted by atomic mass is 35.5. The Morgan fingerprint density at radius 1 is 1.36 bits per heavy atom. The number of halogens is 1. The fourth-order valence-electron chi connectivity index (χ4n) is 2.87. The lowest BCUT2D eigenvalue weighted by atomic mass is 10.2. The molecule has 0 saturated carbocycles. The summed E-state index contributed by atoms with van der Waals surface area (Å²) in [5.41, 5.74) is 1.85. The van der Waals surface area contributed by atoms with Crippen LogP contribution in [0.1, 0.15) is 23.5 Å². The second-order valence-corrected chi connectivity index (χ2v) is 7.31. The predicted octanol–water partition coefficient (Wildman–Crippen LogP) is 3.01. The first-order chi connectivity index (χ1) is 12.2. The molecular weight excluding hydrogens is 358 g/mol. The normalized spacial score (nSPS) is 18.6. The summed E-state index contributed by atoms with van der Waals surface area (Å²) in [6.07, 6.45) is 0.526. The van der Waals surface area contributed by atoms with E-state index in [0.717, 1.165) is 41.7 Å². The van der Waals surface area contributed by atoms with Crippen LogP contribution in [0, 0.1) is 0 Å². The second kappa shape index (κ2) is 7.21. The van der Waals surface area contributed by atoms with Gasteiger partial charge in [-0.25, -0.2) is 4.98 Å². The molecule has 1 aliphatic heterocycles. The van der Waals surface area contributed by atoms with Gasteiger partial charge in [0, 0.05) is 30.6 Å². The Morgan fingerprint density at radius 2 is 2.24 bits per heavy atom. The molecule has 3 aromatic rings. The largest absolute Gasteiger partial charge is 0.339 e. The maximum atomic E-state index is 6.25. The molecule has 0 radical (unpaired) electrons. The summed E-state index contributed by atoms with van der Waals surface area (Å²) in [4.78, 5) is 11.5. The van der Waals surface area contributed by atoms with Gasteiger partial charge in [-0.05, 0) is 13.1 Å². The first-order valence-corrected chi connectivity index (χ1v) is 9.39. The van der Waals surface area contributed by atoms with E-state index in [-0.39, 0.29) is 6.04 Å². The van der Waals surface area contributed by atoms with E-state index >= 15 is 0 Å². The molecule has 8 heteroatoms. The average molecular weight is 376 g/mol. The lowest BCUT2D eigenvalue weighted by molar-refractivity contribution is 0.190. The molecule has 3 heterocycles. The molecule has 1 saturated heterocycles. The van der Waals surface area contributed by atoms with Gasteiger partial charge in [0.2, 0.25) is 5.89 Å². The Kier molecular flexibility index (Phi) is 4.80. The number of rotatable bonds is 4. The van der Waals surface area contributed by atoms with Crippen LogP contribution < -0.4 is 5.32 Å². The van der Waals surface area contributed by atoms with Gasteiger partial charge < -0.3 is 9.84 Å². The van der Waals surface area contributed by atoms with Crippen LogP contribution in [0.2, 0.25) is 5.02 Å². The van der Waals surface area contributed by atoms with Crippen molar-refractivity contribution >= 4 is 22.9 Å². The van der Waals surface area contributed by atoms with Gasteiger partial charge in [-0.2, -0.15) is 4.98 Å². The number of hydrogen-bond acceptors (Lipinski definition) is 7. The standard InChI is InChI=1S/C17H18ClN5OS/c1-23-7-6-19-9-14(23)16-21-15(24-22-16)8-11-10-25-17(20-11)12-4-2-3-5-13(12)18/h2-5,10,14,19H,6-9H2,1H3. The van der Waals surface area contributed by atoms with E-state index in [1.54, 1.807) is 11.3 Å². The molecule has 4 rings (SSSR count). The Bertz CT molecular complexity index is 864. The highest BCUT2D eigenvalue weighted by molar-refractivity contribution is 7.13. The van der Waals surface area contributed by atoms with Crippen LogP contribution in [0.15, 0.2) is 34.2 Å². The summed E-state index contributed by atoms with van der Waals surface area (Å²) >= 11 is 7.81. The van der Waals surface area contributed by atoms with Gasteiger partial charge in [-0.1, -0.05) is 35.0 Å². The zero-order valence-electron chi connectivity index (χ0n) is 13.8. The molecule has 25 heavy (non-hydrogen) atoms. The van der Waals surface area contributed by atoms with E-state index in [4.69, 9.17) is 16.1 Å². The monoisotopic (exact) mass is 375 g/mol. The van der Waals surface area contributed by atoms with Crippen LogP contribution in [-0.4, -0.2) is 46.7 Å². The molecular formula is C17H18ClN5OS. The van der Waals surface area contributed by atoms with E-state index in [2.05, 4.69) is 32.4 Å². The Morgan fingerprint density at radius 3 is 3.08 bits per heavy atom. The number of nitrogens with one attached hydrogen (secondary N) is 1. The molecule has 1 aliphatic rings. The van der Waals surface area contributed by atoms with Crippen molar-refractivity contribution in [2.24, 2.45) is 0 Å². The third kappa shape index (κ3) is 3.59. The van der Waals surface area contributed by atoms with Crippen LogP contribution in [0.3, 0.4) is 0 Å². The van der Waals surface area contributed by atoms with Gasteiger partial charge in [0.25, 0.3) is 0 Å². The Hall–Kier alpha value is -1.80. The molecule has 1 atom stereocenters. The predicted molar refractivity (Wildman–Crippen MR) is 97.9 cm³/mol. The van der Waals surface area contributed by atoms with E-state index in [1.165, 1.54) is 0 Å². The summed E-state index contributed by atoms with van der Waals surface area (Å²) < 4.78 is 5.43. The van der Waals surface area contributed by atoms with Crippen molar-refractivity contribution < 1.29 is 4.52 Å². The number of benzene rings is 1. The third-order valence-corrected chi connectivity index (χ3v) is 5.54. The Balaban J connectivity index is 1.49. The summed E-state index contributed by atoms with van der Waals surface area (Å²) in [6, 6.07) is 7.87. The van der Waals surface area contributed by atoms with E-state index < -0.39 is 0 Å². The zero-order valence-corrected chi connectivity index (χ0v) is 15.3. The minimum Gasteiger partial charge on any atom is -0.339 e. The minimum absolute atomic E-state index is 0.153. The molecule has 0 amide bonds. The summed E-state index contributed by atoms with van der Waals surface area (Å²) in [6.45, 7) is 2.80. The second-order valence-electron chi connectivity index (χ2n) is 6.05. The van der Waals surface area contributed by atoms with Gasteiger partial charge in [0.15, 0.2) is 5.82 Å². The fraction of sp³-hybridized carbons (Fsp3) is 0.353. The molecule has 1 N–H and O–H groups in total. The average Bonchev–Trinajstić information content (AvgIpc) is 3.26. The molecule has 0 aliphatic carbocycles. The first-order valence-electron chi connectivity index (χ1n) is 8.13. The zero-order chi connectivity index (χ0) is 17.2. The number of likely N-dealkylation sites (N-methyl/N-ethyl adjacent to an activating group) is 1. The van der Waals surface area contributed by atoms with Crippen molar-refractivity contribution in [2.75, 3.05) is 26.7 Å². The van der Waals surface area contributed by atoms with Crippen molar-refractivity contribution in [2.45, 2.75) is 12.5 Å². The maximum Gasteiger partial charge on any atom is 0.232 e. The molecule has 1 aromatic carbocycles. The molecule has 2 aromatic heterocycles. The topological polar surface area (TPSA) is 67.1 Å². The molecule has 0 bridgehead atoms. The lowest BCUT2D eigenvalue weighted by Crippen LogP contribution is -2.44. The SMILES string of the molecule is CN1CCNCC1c1noc(Cc2csc(-c3ccccc3Cl)n2)n1.